The Morgan fingerprint density at radius 2 is 1.74 bits per heavy atom. The van der Waals surface area contributed by atoms with Gasteiger partial charge in [-0.1, -0.05) is 6.58 Å². The molecule has 7 nitrogen and oxygen atoms in total. The normalized spacial score (nSPS) is 12.2. The van der Waals surface area contributed by atoms with Gasteiger partial charge in [-0.05, 0) is 20.8 Å². The lowest BCUT2D eigenvalue weighted by Crippen LogP contribution is -2.50. The Kier molecular flexibility index (Phi) is 10.3. The standard InChI is InChI=1S/C15H29NO6S/c1-5-16(6-2,8-7-13-23(18,19)20)9-10-21-11-12-22-15(17)14(3)4/h3,5-13H2,1-2,4H3/p+1. The lowest BCUT2D eigenvalue weighted by Gasteiger charge is -2.36. The number of hydrogen-bond donors (Lipinski definition) is 1. The molecule has 0 bridgehead atoms. The van der Waals surface area contributed by atoms with Crippen molar-refractivity contribution in [2.75, 3.05) is 51.8 Å². The molecule has 1 N–H and O–H groups in total. The molecular weight excluding hydrogens is 322 g/mol. The van der Waals surface area contributed by atoms with E-state index < -0.39 is 16.1 Å². The van der Waals surface area contributed by atoms with Crippen LogP contribution in [0.1, 0.15) is 27.2 Å². The lowest BCUT2D eigenvalue weighted by atomic mass is 10.3. The highest BCUT2D eigenvalue weighted by Crippen LogP contribution is 2.08. The van der Waals surface area contributed by atoms with Gasteiger partial charge < -0.3 is 14.0 Å². The predicted molar refractivity (Wildman–Crippen MR) is 88.7 cm³/mol. The zero-order chi connectivity index (χ0) is 17.9. The van der Waals surface area contributed by atoms with Gasteiger partial charge in [-0.2, -0.15) is 8.42 Å². The molecule has 0 saturated carbocycles. The average molecular weight is 352 g/mol. The highest BCUT2D eigenvalue weighted by atomic mass is 32.2. The fourth-order valence-electron chi connectivity index (χ4n) is 2.23. The Balaban J connectivity index is 4.08. The first kappa shape index (κ1) is 22.0. The Hall–Kier alpha value is -0.960. The van der Waals surface area contributed by atoms with Crippen LogP contribution < -0.4 is 0 Å². The van der Waals surface area contributed by atoms with Crippen molar-refractivity contribution >= 4 is 16.1 Å². The third-order valence-corrected chi connectivity index (χ3v) is 4.70. The first-order valence-corrected chi connectivity index (χ1v) is 9.47. The number of nitrogens with zero attached hydrogens (tertiary/aromatic N) is 1. The van der Waals surface area contributed by atoms with E-state index in [1.807, 2.05) is 13.8 Å². The summed E-state index contributed by atoms with van der Waals surface area (Å²) in [4.78, 5) is 11.2. The third kappa shape index (κ3) is 10.4. The molecule has 8 heteroatoms. The smallest absolute Gasteiger partial charge is 0.333 e. The van der Waals surface area contributed by atoms with Crippen LogP contribution in [0.2, 0.25) is 0 Å². The maximum Gasteiger partial charge on any atom is 0.333 e. The zero-order valence-corrected chi connectivity index (χ0v) is 15.2. The maximum absolute atomic E-state index is 11.2. The number of likely N-dealkylation sites (N-methyl/N-ethyl adjacent to an activating group) is 1. The zero-order valence-electron chi connectivity index (χ0n) is 14.4. The summed E-state index contributed by atoms with van der Waals surface area (Å²) in [7, 11) is -3.91. The molecular formula is C15H30NO6S+. The largest absolute Gasteiger partial charge is 0.460 e. The van der Waals surface area contributed by atoms with E-state index in [1.54, 1.807) is 6.92 Å². The van der Waals surface area contributed by atoms with Gasteiger partial charge in [0.15, 0.2) is 0 Å². The van der Waals surface area contributed by atoms with Crippen molar-refractivity contribution in [2.24, 2.45) is 0 Å². The van der Waals surface area contributed by atoms with Gasteiger partial charge in [-0.25, -0.2) is 4.79 Å². The fraction of sp³-hybridized carbons (Fsp3) is 0.800. The molecule has 0 aliphatic rings. The molecule has 0 radical (unpaired) electrons. The van der Waals surface area contributed by atoms with Gasteiger partial charge in [0.05, 0.1) is 38.6 Å². The van der Waals surface area contributed by atoms with Crippen LogP contribution in [-0.2, 0) is 24.4 Å². The summed E-state index contributed by atoms with van der Waals surface area (Å²) in [6, 6.07) is 0. The molecule has 0 aliphatic carbocycles. The topological polar surface area (TPSA) is 89.9 Å². The van der Waals surface area contributed by atoms with E-state index in [4.69, 9.17) is 14.0 Å². The summed E-state index contributed by atoms with van der Waals surface area (Å²) in [6.07, 6.45) is 0.413. The molecule has 0 heterocycles. The Morgan fingerprint density at radius 1 is 1.13 bits per heavy atom. The molecule has 0 unspecified atom stereocenters. The van der Waals surface area contributed by atoms with Crippen molar-refractivity contribution in [3.63, 3.8) is 0 Å². The van der Waals surface area contributed by atoms with Gasteiger partial charge in [0.25, 0.3) is 10.1 Å². The van der Waals surface area contributed by atoms with E-state index in [0.717, 1.165) is 24.1 Å². The summed E-state index contributed by atoms with van der Waals surface area (Å²) < 4.78 is 41.6. The van der Waals surface area contributed by atoms with Crippen molar-refractivity contribution < 1.29 is 31.7 Å². The number of hydrogen-bond acceptors (Lipinski definition) is 5. The summed E-state index contributed by atoms with van der Waals surface area (Å²) in [5.74, 6) is -0.642. The number of rotatable bonds is 13. The van der Waals surface area contributed by atoms with Crippen LogP contribution in [0.3, 0.4) is 0 Å². The fourth-order valence-corrected chi connectivity index (χ4v) is 2.72. The van der Waals surface area contributed by atoms with Crippen LogP contribution in [-0.4, -0.2) is 75.2 Å². The highest BCUT2D eigenvalue weighted by Gasteiger charge is 2.23. The van der Waals surface area contributed by atoms with Gasteiger partial charge in [0, 0.05) is 12.0 Å². The number of quaternary nitrogens is 1. The monoisotopic (exact) mass is 352 g/mol. The van der Waals surface area contributed by atoms with Gasteiger partial charge in [0.1, 0.15) is 13.2 Å². The molecule has 0 rings (SSSR count). The molecule has 0 saturated heterocycles. The van der Waals surface area contributed by atoms with Crippen LogP contribution in [0.15, 0.2) is 12.2 Å². The molecule has 0 aromatic rings. The van der Waals surface area contributed by atoms with E-state index in [-0.39, 0.29) is 12.4 Å². The molecule has 0 spiro atoms. The summed E-state index contributed by atoms with van der Waals surface area (Å²) in [5.41, 5.74) is 0.358. The van der Waals surface area contributed by atoms with Crippen LogP contribution in [0, 0.1) is 0 Å². The predicted octanol–water partition coefficient (Wildman–Crippen LogP) is 1.26. The van der Waals surface area contributed by atoms with Gasteiger partial charge in [-0.3, -0.25) is 4.55 Å². The molecule has 0 atom stereocenters. The minimum absolute atomic E-state index is 0.187. The lowest BCUT2D eigenvalue weighted by molar-refractivity contribution is -0.925. The van der Waals surface area contributed by atoms with Crippen LogP contribution in [0.5, 0.6) is 0 Å². The average Bonchev–Trinajstić information content (AvgIpc) is 2.47. The van der Waals surface area contributed by atoms with Crippen molar-refractivity contribution in [2.45, 2.75) is 27.2 Å². The number of esters is 1. The highest BCUT2D eigenvalue weighted by molar-refractivity contribution is 7.85. The molecule has 136 valence electrons. The number of carbonyl (C=O) groups excluding carboxylic acids is 1. The molecule has 0 aromatic carbocycles. The van der Waals surface area contributed by atoms with Crippen LogP contribution >= 0.6 is 0 Å². The van der Waals surface area contributed by atoms with Crippen molar-refractivity contribution in [3.05, 3.63) is 12.2 Å². The molecule has 0 amide bonds. The van der Waals surface area contributed by atoms with E-state index in [1.165, 1.54) is 0 Å². The van der Waals surface area contributed by atoms with Crippen LogP contribution in [0.25, 0.3) is 0 Å². The summed E-state index contributed by atoms with van der Waals surface area (Å²) in [5, 5.41) is 0. The first-order chi connectivity index (χ1) is 10.7. The Bertz CT molecular complexity index is 470. The Labute approximate surface area is 139 Å². The van der Waals surface area contributed by atoms with Crippen molar-refractivity contribution in [1.29, 1.82) is 0 Å². The molecule has 0 fully saturated rings. The van der Waals surface area contributed by atoms with E-state index in [2.05, 4.69) is 6.58 Å². The Morgan fingerprint density at radius 3 is 2.22 bits per heavy atom. The van der Waals surface area contributed by atoms with Gasteiger partial charge >= 0.3 is 5.97 Å². The molecule has 0 aromatic heterocycles. The maximum atomic E-state index is 11.2. The minimum Gasteiger partial charge on any atom is -0.460 e. The second-order valence-corrected chi connectivity index (χ2v) is 7.16. The molecule has 0 aliphatic heterocycles. The van der Waals surface area contributed by atoms with Crippen molar-refractivity contribution in [1.82, 2.24) is 0 Å². The molecule has 23 heavy (non-hydrogen) atoms. The van der Waals surface area contributed by atoms with Crippen LogP contribution in [0.4, 0.5) is 0 Å². The van der Waals surface area contributed by atoms with Gasteiger partial charge in [0.2, 0.25) is 0 Å². The quantitative estimate of drug-likeness (QED) is 0.176. The summed E-state index contributed by atoms with van der Waals surface area (Å²) in [6.45, 7) is 13.3. The van der Waals surface area contributed by atoms with E-state index >= 15 is 0 Å². The third-order valence-electron chi connectivity index (χ3n) is 3.90. The number of ether oxygens (including phenoxy) is 2. The first-order valence-electron chi connectivity index (χ1n) is 7.86. The SMILES string of the molecule is C=C(C)C(=O)OCCOCC[N+](CC)(CC)CCCS(=O)(=O)O. The van der Waals surface area contributed by atoms with Crippen molar-refractivity contribution in [3.8, 4) is 0 Å². The van der Waals surface area contributed by atoms with E-state index in [0.29, 0.717) is 31.8 Å². The van der Waals surface area contributed by atoms with Gasteiger partial charge in [-0.15, -0.1) is 0 Å². The second kappa shape index (κ2) is 10.7. The summed E-state index contributed by atoms with van der Waals surface area (Å²) >= 11 is 0. The minimum atomic E-state index is -3.91. The second-order valence-electron chi connectivity index (χ2n) is 5.59. The van der Waals surface area contributed by atoms with E-state index in [9.17, 15) is 13.2 Å². The number of carbonyl (C=O) groups is 1.